The molecule has 0 aliphatic rings. The van der Waals surface area contributed by atoms with Crippen LogP contribution in [0.1, 0.15) is 11.1 Å². The molecule has 0 fully saturated rings. The molecular formula is C24H17ClF3N2O2+. The van der Waals surface area contributed by atoms with Crippen molar-refractivity contribution < 1.29 is 22.8 Å². The molecule has 0 amide bonds. The molecule has 0 saturated carbocycles. The van der Waals surface area contributed by atoms with E-state index < -0.39 is 23.2 Å². The number of alkyl halides is 3. The topological polar surface area (TPSA) is 45.6 Å². The van der Waals surface area contributed by atoms with Crippen molar-refractivity contribution in [2.75, 3.05) is 0 Å². The van der Waals surface area contributed by atoms with E-state index >= 15 is 0 Å². The Morgan fingerprint density at radius 3 is 2.50 bits per heavy atom. The van der Waals surface area contributed by atoms with Crippen LogP contribution in [0.25, 0.3) is 22.9 Å². The third-order valence-corrected chi connectivity index (χ3v) is 5.23. The standard InChI is InChI=1S/C24H16ClF3N2O2/c25-19-11-9-16(10-12-19)5-4-14-30-20-8-1-2-13-29(20)22(31)21(23(30)32)17-6-3-7-18(15-17)24(26,27)28/h1-13,15H,14H2/p+1/b5-4+. The van der Waals surface area contributed by atoms with E-state index in [0.29, 0.717) is 10.7 Å². The van der Waals surface area contributed by atoms with Crippen molar-refractivity contribution in [2.45, 2.75) is 12.7 Å². The first kappa shape index (κ1) is 21.6. The monoisotopic (exact) mass is 457 g/mol. The highest BCUT2D eigenvalue weighted by Crippen LogP contribution is 2.33. The molecule has 0 aliphatic heterocycles. The maximum atomic E-state index is 13.2. The molecule has 4 nitrogen and oxygen atoms in total. The average molecular weight is 458 g/mol. The summed E-state index contributed by atoms with van der Waals surface area (Å²) >= 11 is 5.89. The second-order valence-corrected chi connectivity index (χ2v) is 7.51. The van der Waals surface area contributed by atoms with Gasteiger partial charge in [0.05, 0.1) is 11.8 Å². The van der Waals surface area contributed by atoms with Gasteiger partial charge in [-0.3, -0.25) is 0 Å². The molecule has 4 rings (SSSR count). The molecule has 32 heavy (non-hydrogen) atoms. The SMILES string of the molecule is O=c1c(-c2cccc(C(F)(F)F)c2)c(O)[n+](C/C=C/c2ccc(Cl)cc2)c2ccccn12. The van der Waals surface area contributed by atoms with Gasteiger partial charge in [-0.05, 0) is 47.5 Å². The lowest BCUT2D eigenvalue weighted by atomic mass is 10.0. The number of halogens is 4. The molecule has 1 N–H and O–H groups in total. The van der Waals surface area contributed by atoms with Crippen molar-refractivity contribution in [2.24, 2.45) is 0 Å². The summed E-state index contributed by atoms with van der Waals surface area (Å²) in [7, 11) is 0. The maximum absolute atomic E-state index is 13.2. The lowest BCUT2D eigenvalue weighted by Crippen LogP contribution is -2.40. The number of benzene rings is 2. The molecule has 0 saturated heterocycles. The lowest BCUT2D eigenvalue weighted by Gasteiger charge is -2.11. The van der Waals surface area contributed by atoms with Crippen molar-refractivity contribution in [3.8, 4) is 17.0 Å². The van der Waals surface area contributed by atoms with Crippen LogP contribution < -0.4 is 10.1 Å². The molecule has 0 unspecified atom stereocenters. The van der Waals surface area contributed by atoms with Crippen LogP contribution in [-0.2, 0) is 12.7 Å². The van der Waals surface area contributed by atoms with Crippen LogP contribution in [-0.4, -0.2) is 9.51 Å². The Kier molecular flexibility index (Phi) is 5.76. The molecule has 0 atom stereocenters. The molecule has 2 heterocycles. The zero-order chi connectivity index (χ0) is 22.9. The summed E-state index contributed by atoms with van der Waals surface area (Å²) in [5.41, 5.74) is -0.469. The Morgan fingerprint density at radius 1 is 1.03 bits per heavy atom. The molecular weight excluding hydrogens is 441 g/mol. The van der Waals surface area contributed by atoms with Crippen molar-refractivity contribution >= 4 is 23.3 Å². The number of fused-ring (bicyclic) bond motifs is 1. The number of aromatic hydroxyl groups is 1. The number of hydrogen-bond acceptors (Lipinski definition) is 2. The van der Waals surface area contributed by atoms with Gasteiger partial charge in [-0.15, -0.1) is 0 Å². The first-order valence-electron chi connectivity index (χ1n) is 9.61. The summed E-state index contributed by atoms with van der Waals surface area (Å²) in [6.45, 7) is 0.175. The van der Waals surface area contributed by atoms with E-state index in [-0.39, 0.29) is 17.7 Å². The lowest BCUT2D eigenvalue weighted by molar-refractivity contribution is -0.670. The van der Waals surface area contributed by atoms with Gasteiger partial charge < -0.3 is 5.11 Å². The summed E-state index contributed by atoms with van der Waals surface area (Å²) in [6.07, 6.45) is 0.525. The molecule has 0 bridgehead atoms. The maximum Gasteiger partial charge on any atom is 0.416 e. The van der Waals surface area contributed by atoms with E-state index in [4.69, 9.17) is 11.6 Å². The first-order chi connectivity index (χ1) is 15.3. The van der Waals surface area contributed by atoms with Gasteiger partial charge in [0.25, 0.3) is 11.5 Å². The van der Waals surface area contributed by atoms with Crippen LogP contribution in [0.5, 0.6) is 5.88 Å². The predicted molar refractivity (Wildman–Crippen MR) is 116 cm³/mol. The van der Waals surface area contributed by atoms with Crippen molar-refractivity contribution in [3.63, 3.8) is 0 Å². The van der Waals surface area contributed by atoms with Crippen LogP contribution in [0, 0.1) is 0 Å². The highest BCUT2D eigenvalue weighted by atomic mass is 35.5. The van der Waals surface area contributed by atoms with Crippen molar-refractivity contribution in [1.82, 2.24) is 4.40 Å². The summed E-state index contributed by atoms with van der Waals surface area (Å²) in [4.78, 5) is 13.1. The minimum absolute atomic E-state index is 0.0176. The fourth-order valence-electron chi connectivity index (χ4n) is 3.44. The van der Waals surface area contributed by atoms with E-state index in [1.807, 2.05) is 18.2 Å². The fourth-order valence-corrected chi connectivity index (χ4v) is 3.56. The van der Waals surface area contributed by atoms with Gasteiger partial charge in [-0.2, -0.15) is 22.1 Å². The summed E-state index contributed by atoms with van der Waals surface area (Å²) in [5, 5.41) is 11.6. The summed E-state index contributed by atoms with van der Waals surface area (Å²) in [5.74, 6) is -0.415. The van der Waals surface area contributed by atoms with Crippen molar-refractivity contribution in [3.05, 3.63) is 106 Å². The molecule has 0 spiro atoms. The normalized spacial score (nSPS) is 12.0. The number of nitrogens with zero attached hydrogens (tertiary/aromatic N) is 2. The third-order valence-electron chi connectivity index (χ3n) is 4.97. The molecule has 0 radical (unpaired) electrons. The molecule has 2 aromatic carbocycles. The number of pyridine rings is 1. The molecule has 8 heteroatoms. The van der Waals surface area contributed by atoms with Gasteiger partial charge in [0.1, 0.15) is 6.54 Å². The second-order valence-electron chi connectivity index (χ2n) is 7.08. The van der Waals surface area contributed by atoms with E-state index in [0.717, 1.165) is 17.7 Å². The minimum atomic E-state index is -4.57. The Labute approximate surface area is 186 Å². The number of hydrogen-bond donors (Lipinski definition) is 1. The van der Waals surface area contributed by atoms with Gasteiger partial charge in [0.15, 0.2) is 5.56 Å². The minimum Gasteiger partial charge on any atom is -0.477 e. The van der Waals surface area contributed by atoms with E-state index in [1.54, 1.807) is 36.4 Å². The van der Waals surface area contributed by atoms with Gasteiger partial charge in [-0.1, -0.05) is 48.0 Å². The predicted octanol–water partition coefficient (Wildman–Crippen LogP) is 5.35. The smallest absolute Gasteiger partial charge is 0.416 e. The largest absolute Gasteiger partial charge is 0.477 e. The van der Waals surface area contributed by atoms with Crippen LogP contribution in [0.15, 0.2) is 83.8 Å². The molecule has 4 aromatic rings. The van der Waals surface area contributed by atoms with E-state index in [1.165, 1.54) is 27.3 Å². The quantitative estimate of drug-likeness (QED) is 0.420. The number of allylic oxidation sites excluding steroid dienone is 1. The van der Waals surface area contributed by atoms with Crippen LogP contribution >= 0.6 is 11.6 Å². The van der Waals surface area contributed by atoms with Crippen LogP contribution in [0.2, 0.25) is 5.02 Å². The van der Waals surface area contributed by atoms with Gasteiger partial charge in [0, 0.05) is 11.1 Å². The van der Waals surface area contributed by atoms with Crippen LogP contribution in [0.3, 0.4) is 0 Å². The Balaban J connectivity index is 1.85. The van der Waals surface area contributed by atoms with E-state index in [2.05, 4.69) is 0 Å². The first-order valence-corrected chi connectivity index (χ1v) is 9.99. The highest BCUT2D eigenvalue weighted by Gasteiger charge is 2.32. The Morgan fingerprint density at radius 2 is 1.78 bits per heavy atom. The van der Waals surface area contributed by atoms with Crippen molar-refractivity contribution in [1.29, 1.82) is 0 Å². The van der Waals surface area contributed by atoms with Crippen LogP contribution in [0.4, 0.5) is 13.2 Å². The molecule has 162 valence electrons. The second kappa shape index (κ2) is 8.51. The zero-order valence-corrected chi connectivity index (χ0v) is 17.3. The summed E-state index contributed by atoms with van der Waals surface area (Å²) in [6, 6.07) is 16.5. The highest BCUT2D eigenvalue weighted by molar-refractivity contribution is 6.30. The molecule has 2 aromatic heterocycles. The number of rotatable bonds is 4. The molecule has 0 aliphatic carbocycles. The third kappa shape index (κ3) is 4.24. The Hall–Kier alpha value is -3.58. The average Bonchev–Trinajstić information content (AvgIpc) is 2.77. The summed E-state index contributed by atoms with van der Waals surface area (Å²) < 4.78 is 42.4. The van der Waals surface area contributed by atoms with Gasteiger partial charge in [0.2, 0.25) is 0 Å². The fraction of sp³-hybridized carbons (Fsp3) is 0.0833. The number of aromatic nitrogens is 2. The van der Waals surface area contributed by atoms with Gasteiger partial charge in [-0.25, -0.2) is 4.79 Å². The van der Waals surface area contributed by atoms with E-state index in [9.17, 15) is 23.1 Å². The zero-order valence-electron chi connectivity index (χ0n) is 16.6. The van der Waals surface area contributed by atoms with Gasteiger partial charge >= 0.3 is 11.7 Å². The Bertz CT molecular complexity index is 1380.